The van der Waals surface area contributed by atoms with Crippen LogP contribution in [0.4, 0.5) is 0 Å². The molecule has 7 aliphatic carbocycles. The van der Waals surface area contributed by atoms with Gasteiger partial charge in [-0.3, -0.25) is 0 Å². The maximum absolute atomic E-state index is 5.32. The van der Waals surface area contributed by atoms with Gasteiger partial charge < -0.3 is 0 Å². The largest absolute Gasteiger partial charge is 0.247 e. The summed E-state index contributed by atoms with van der Waals surface area (Å²) in [7, 11) is 0. The van der Waals surface area contributed by atoms with Crippen LogP contribution in [-0.2, 0) is 17.3 Å². The van der Waals surface area contributed by atoms with Gasteiger partial charge in [-0.1, -0.05) is 141 Å². The summed E-state index contributed by atoms with van der Waals surface area (Å²) in [6, 6.07) is 25.4. The van der Waals surface area contributed by atoms with Crippen molar-refractivity contribution in [1.29, 1.82) is 0 Å². The SMILES string of the molecule is CC1(C)c2cc(-c3nc4ccccc4c4c3C=CCC4)ccc2C2=CC3=C(CC21)C1C=CC=CC1C31c2ccccc2C2C=CC=CC21. The minimum atomic E-state index is -0.0466. The van der Waals surface area contributed by atoms with Crippen LogP contribution in [0.15, 0.2) is 139 Å². The lowest BCUT2D eigenvalue weighted by atomic mass is 9.60. The Morgan fingerprint density at radius 2 is 1.54 bits per heavy atom. The molecule has 11 rings (SSSR count). The van der Waals surface area contributed by atoms with Gasteiger partial charge in [0.25, 0.3) is 0 Å². The van der Waals surface area contributed by atoms with Crippen LogP contribution in [0, 0.1) is 23.7 Å². The van der Waals surface area contributed by atoms with E-state index < -0.39 is 0 Å². The molecule has 0 aliphatic heterocycles. The van der Waals surface area contributed by atoms with Crippen LogP contribution >= 0.6 is 0 Å². The molecule has 48 heavy (non-hydrogen) atoms. The van der Waals surface area contributed by atoms with Crippen LogP contribution in [-0.4, -0.2) is 4.98 Å². The number of hydrogen-bond acceptors (Lipinski definition) is 1. The van der Waals surface area contributed by atoms with E-state index in [-0.39, 0.29) is 10.8 Å². The Balaban J connectivity index is 1.11. The first kappa shape index (κ1) is 27.2. The number of nitrogens with zero attached hydrogens (tertiary/aromatic N) is 1. The van der Waals surface area contributed by atoms with Crippen molar-refractivity contribution >= 4 is 22.6 Å². The van der Waals surface area contributed by atoms with Gasteiger partial charge in [0, 0.05) is 45.6 Å². The van der Waals surface area contributed by atoms with E-state index >= 15 is 0 Å². The second kappa shape index (κ2) is 9.44. The summed E-state index contributed by atoms with van der Waals surface area (Å²) >= 11 is 0. The number of aromatic nitrogens is 1. The molecule has 0 fully saturated rings. The number of aryl methyl sites for hydroxylation is 1. The monoisotopic (exact) mass is 617 g/mol. The molecular formula is C47H39N. The van der Waals surface area contributed by atoms with Crippen molar-refractivity contribution in [3.63, 3.8) is 0 Å². The molecule has 0 saturated carbocycles. The second-order valence-electron chi connectivity index (χ2n) is 15.7. The summed E-state index contributed by atoms with van der Waals surface area (Å²) in [5.74, 6) is 2.21. The molecular weight excluding hydrogens is 579 g/mol. The molecule has 0 saturated heterocycles. The third kappa shape index (κ3) is 3.26. The zero-order valence-electron chi connectivity index (χ0n) is 27.7. The molecule has 1 aromatic heterocycles. The van der Waals surface area contributed by atoms with Gasteiger partial charge in [0.1, 0.15) is 0 Å². The van der Waals surface area contributed by atoms with Crippen molar-refractivity contribution in [1.82, 2.24) is 4.98 Å². The number of rotatable bonds is 1. The molecule has 1 spiro atoms. The van der Waals surface area contributed by atoms with E-state index in [1.54, 1.807) is 22.3 Å². The van der Waals surface area contributed by atoms with Gasteiger partial charge >= 0.3 is 0 Å². The zero-order chi connectivity index (χ0) is 31.8. The summed E-state index contributed by atoms with van der Waals surface area (Å²) in [6.07, 6.45) is 30.0. The third-order valence-electron chi connectivity index (χ3n) is 13.4. The lowest BCUT2D eigenvalue weighted by Crippen LogP contribution is -2.40. The summed E-state index contributed by atoms with van der Waals surface area (Å²) in [5, 5.41) is 1.30. The van der Waals surface area contributed by atoms with Crippen LogP contribution < -0.4 is 0 Å². The molecule has 4 aromatic rings. The smallest absolute Gasteiger partial charge is 0.0784 e. The van der Waals surface area contributed by atoms with Crippen molar-refractivity contribution in [2.75, 3.05) is 0 Å². The summed E-state index contributed by atoms with van der Waals surface area (Å²) < 4.78 is 0. The average molecular weight is 618 g/mol. The number of para-hydroxylation sites is 1. The fourth-order valence-corrected chi connectivity index (χ4v) is 11.4. The minimum absolute atomic E-state index is 0.0194. The Bertz CT molecular complexity index is 2330. The van der Waals surface area contributed by atoms with Crippen molar-refractivity contribution in [3.8, 4) is 11.3 Å². The highest BCUT2D eigenvalue weighted by Gasteiger charge is 2.63. The molecule has 1 nitrogen and oxygen atoms in total. The fourth-order valence-electron chi connectivity index (χ4n) is 11.4. The maximum Gasteiger partial charge on any atom is 0.0784 e. The average Bonchev–Trinajstić information content (AvgIpc) is 3.69. The summed E-state index contributed by atoms with van der Waals surface area (Å²) in [5.41, 5.74) is 17.1. The van der Waals surface area contributed by atoms with Crippen molar-refractivity contribution in [2.45, 2.75) is 49.9 Å². The molecule has 6 unspecified atom stereocenters. The molecule has 3 aromatic carbocycles. The van der Waals surface area contributed by atoms with Crippen LogP contribution in [0.1, 0.15) is 66.0 Å². The van der Waals surface area contributed by atoms with Gasteiger partial charge in [0.2, 0.25) is 0 Å². The minimum Gasteiger partial charge on any atom is -0.247 e. The van der Waals surface area contributed by atoms with Crippen molar-refractivity contribution in [3.05, 3.63) is 172 Å². The van der Waals surface area contributed by atoms with Gasteiger partial charge in [-0.2, -0.15) is 0 Å². The Kier molecular flexibility index (Phi) is 5.36. The number of benzene rings is 3. The topological polar surface area (TPSA) is 12.9 Å². The standard InChI is InChI=1S/C47H39N/c1-46(2)41-25-28(45-35-18-4-3-13-29(35)34-17-8-12-22-44(34)48-45)23-24-33(41)36-27-43-37(26-42(36)46)32-16-7-11-21-40(32)47(43)38-19-9-5-14-30(38)31-15-6-10-20-39(31)47/h4-12,14-25,27,30,32,38,40,42H,3,13,26H2,1-2H3. The second-order valence-corrected chi connectivity index (χ2v) is 15.7. The maximum atomic E-state index is 5.32. The molecule has 0 bridgehead atoms. The number of hydrogen-bond donors (Lipinski definition) is 0. The predicted molar refractivity (Wildman–Crippen MR) is 199 cm³/mol. The van der Waals surface area contributed by atoms with E-state index in [1.165, 1.54) is 38.8 Å². The van der Waals surface area contributed by atoms with E-state index in [1.807, 2.05) is 0 Å². The Morgan fingerprint density at radius 1 is 0.771 bits per heavy atom. The quantitative estimate of drug-likeness (QED) is 0.207. The first-order valence-corrected chi connectivity index (χ1v) is 18.0. The van der Waals surface area contributed by atoms with Gasteiger partial charge in [-0.15, -0.1) is 0 Å². The first-order valence-electron chi connectivity index (χ1n) is 18.0. The summed E-state index contributed by atoms with van der Waals surface area (Å²) in [4.78, 5) is 5.32. The predicted octanol–water partition coefficient (Wildman–Crippen LogP) is 11.0. The number of fused-ring (bicyclic) bond motifs is 15. The molecule has 7 aliphatic rings. The number of pyridine rings is 1. The van der Waals surface area contributed by atoms with Crippen molar-refractivity contribution < 1.29 is 0 Å². The van der Waals surface area contributed by atoms with Gasteiger partial charge in [-0.05, 0) is 81.7 Å². The molecule has 1 heteroatoms. The van der Waals surface area contributed by atoms with E-state index in [4.69, 9.17) is 4.98 Å². The lowest BCUT2D eigenvalue weighted by molar-refractivity contribution is 0.295. The highest BCUT2D eigenvalue weighted by atomic mass is 14.7. The molecule has 6 atom stereocenters. The molecule has 0 radical (unpaired) electrons. The van der Waals surface area contributed by atoms with Crippen LogP contribution in [0.3, 0.4) is 0 Å². The van der Waals surface area contributed by atoms with Gasteiger partial charge in [0.15, 0.2) is 0 Å². The fraction of sp³-hybridized carbons (Fsp3) is 0.255. The third-order valence-corrected chi connectivity index (χ3v) is 13.4. The Hall–Kier alpha value is -4.75. The van der Waals surface area contributed by atoms with Crippen molar-refractivity contribution in [2.24, 2.45) is 23.7 Å². The van der Waals surface area contributed by atoms with Gasteiger partial charge in [0.05, 0.1) is 11.2 Å². The van der Waals surface area contributed by atoms with E-state index in [9.17, 15) is 0 Å². The highest BCUT2D eigenvalue weighted by molar-refractivity contribution is 5.92. The van der Waals surface area contributed by atoms with Crippen LogP contribution in [0.25, 0.3) is 33.8 Å². The molecule has 0 amide bonds. The Morgan fingerprint density at radius 3 is 2.44 bits per heavy atom. The van der Waals surface area contributed by atoms with Gasteiger partial charge in [-0.25, -0.2) is 4.98 Å². The first-order chi connectivity index (χ1) is 23.6. The van der Waals surface area contributed by atoms with E-state index in [0.29, 0.717) is 29.6 Å². The van der Waals surface area contributed by atoms with E-state index in [2.05, 4.69) is 147 Å². The normalized spacial score (nSPS) is 30.5. The lowest BCUT2D eigenvalue weighted by Gasteiger charge is -2.42. The Labute approximate surface area is 283 Å². The van der Waals surface area contributed by atoms with Crippen LogP contribution in [0.2, 0.25) is 0 Å². The molecule has 1 heterocycles. The highest BCUT2D eigenvalue weighted by Crippen LogP contribution is 2.70. The van der Waals surface area contributed by atoms with E-state index in [0.717, 1.165) is 30.5 Å². The van der Waals surface area contributed by atoms with Crippen LogP contribution in [0.5, 0.6) is 0 Å². The zero-order valence-corrected chi connectivity index (χ0v) is 27.7. The summed E-state index contributed by atoms with van der Waals surface area (Å²) in [6.45, 7) is 5.01. The number of allylic oxidation sites excluding steroid dienone is 13. The molecule has 232 valence electrons. The molecule has 0 N–H and O–H groups in total.